The highest BCUT2D eigenvalue weighted by Gasteiger charge is 2.51. The minimum Gasteiger partial charge on any atom is -0.310 e. The molecule has 0 N–H and O–H groups in total. The molecule has 1 aromatic heterocycles. The van der Waals surface area contributed by atoms with Crippen LogP contribution in [0.25, 0.3) is 82.4 Å². The van der Waals surface area contributed by atoms with Gasteiger partial charge in [-0.05, 0) is 132 Å². The van der Waals surface area contributed by atoms with Crippen LogP contribution < -0.4 is 4.90 Å². The molecule has 1 aliphatic heterocycles. The van der Waals surface area contributed by atoms with Gasteiger partial charge in [-0.2, -0.15) is 0 Å². The average Bonchev–Trinajstić information content (AvgIpc) is 3.88. The highest BCUT2D eigenvalue weighted by Crippen LogP contribution is 2.61. The smallest absolute Gasteiger partial charge is 0.0755 e. The fraction of sp³-hybridized carbons (Fsp3) is 0.0159. The van der Waals surface area contributed by atoms with Crippen LogP contribution in [0.5, 0.6) is 0 Å². The van der Waals surface area contributed by atoms with E-state index in [2.05, 4.69) is 252 Å². The van der Waals surface area contributed by atoms with Gasteiger partial charge in [0.05, 0.1) is 22.1 Å². The largest absolute Gasteiger partial charge is 0.310 e. The molecular formula is C63H40N2. The van der Waals surface area contributed by atoms with Crippen LogP contribution in [0.3, 0.4) is 0 Å². The van der Waals surface area contributed by atoms with Gasteiger partial charge in [-0.3, -0.25) is 0 Å². The Labute approximate surface area is 377 Å². The summed E-state index contributed by atoms with van der Waals surface area (Å²) in [6, 6.07) is 90.2. The number of hydrogen-bond donors (Lipinski definition) is 0. The van der Waals surface area contributed by atoms with Crippen LogP contribution in [0, 0.1) is 0 Å². The second kappa shape index (κ2) is 13.8. The Bertz CT molecular complexity index is 3830. The number of para-hydroxylation sites is 2. The van der Waals surface area contributed by atoms with Crippen molar-refractivity contribution >= 4 is 60.4 Å². The fourth-order valence-corrected chi connectivity index (χ4v) is 11.7. The lowest BCUT2D eigenvalue weighted by Crippen LogP contribution is -2.33. The molecule has 2 heterocycles. The predicted octanol–water partition coefficient (Wildman–Crippen LogP) is 16.6. The molecule has 0 saturated heterocycles. The van der Waals surface area contributed by atoms with Gasteiger partial charge < -0.3 is 9.47 Å². The van der Waals surface area contributed by atoms with Gasteiger partial charge in [0.15, 0.2) is 0 Å². The predicted molar refractivity (Wildman–Crippen MR) is 272 cm³/mol. The molecule has 0 atom stereocenters. The van der Waals surface area contributed by atoms with Crippen molar-refractivity contribution in [1.29, 1.82) is 0 Å². The molecular weight excluding hydrogens is 785 g/mol. The SMILES string of the molecule is c1ccc(-c2ccc(N(c3ccc(-c4cc5ccccc5c5ccccc45)cc3)c3ccc4c(c3)C3(c5ccccc5-c5ccccc53)c3cccc5c6ccccc6n-4c35)cc2)cc1. The summed E-state index contributed by atoms with van der Waals surface area (Å²) in [6.45, 7) is 0. The third kappa shape index (κ3) is 5.05. The number of rotatable bonds is 5. The lowest BCUT2D eigenvalue weighted by molar-refractivity contribution is 0.748. The highest BCUT2D eigenvalue weighted by molar-refractivity contribution is 6.15. The Balaban J connectivity index is 1.02. The van der Waals surface area contributed by atoms with Crippen molar-refractivity contribution in [3.8, 4) is 39.1 Å². The van der Waals surface area contributed by atoms with Crippen LogP contribution in [-0.2, 0) is 5.41 Å². The summed E-state index contributed by atoms with van der Waals surface area (Å²) in [4.78, 5) is 2.45. The average molecular weight is 825 g/mol. The molecule has 0 radical (unpaired) electrons. The van der Waals surface area contributed by atoms with E-state index in [9.17, 15) is 0 Å². The molecule has 0 saturated carbocycles. The van der Waals surface area contributed by atoms with Crippen molar-refractivity contribution in [1.82, 2.24) is 4.57 Å². The van der Waals surface area contributed by atoms with Crippen molar-refractivity contribution in [3.05, 3.63) is 265 Å². The van der Waals surface area contributed by atoms with E-state index in [4.69, 9.17) is 0 Å². The van der Waals surface area contributed by atoms with E-state index in [1.54, 1.807) is 0 Å². The zero-order valence-corrected chi connectivity index (χ0v) is 35.5. The molecule has 12 aromatic rings. The van der Waals surface area contributed by atoms with Crippen molar-refractivity contribution in [2.45, 2.75) is 5.41 Å². The van der Waals surface area contributed by atoms with Crippen molar-refractivity contribution < 1.29 is 0 Å². The summed E-state index contributed by atoms with van der Waals surface area (Å²) >= 11 is 0. The zero-order valence-electron chi connectivity index (χ0n) is 35.5. The molecule has 11 aromatic carbocycles. The topological polar surface area (TPSA) is 8.17 Å². The summed E-state index contributed by atoms with van der Waals surface area (Å²) in [5.74, 6) is 0. The van der Waals surface area contributed by atoms with E-state index in [0.29, 0.717) is 0 Å². The summed E-state index contributed by atoms with van der Waals surface area (Å²) in [5.41, 5.74) is 19.1. The van der Waals surface area contributed by atoms with Crippen LogP contribution in [0.1, 0.15) is 22.3 Å². The van der Waals surface area contributed by atoms with Crippen molar-refractivity contribution in [3.63, 3.8) is 0 Å². The third-order valence-electron chi connectivity index (χ3n) is 14.4. The fourth-order valence-electron chi connectivity index (χ4n) is 11.7. The molecule has 2 nitrogen and oxygen atoms in total. The van der Waals surface area contributed by atoms with E-state index < -0.39 is 5.41 Å². The molecule has 14 rings (SSSR count). The Morgan fingerprint density at radius 2 is 0.846 bits per heavy atom. The quantitative estimate of drug-likeness (QED) is 0.157. The van der Waals surface area contributed by atoms with E-state index in [1.807, 2.05) is 0 Å². The molecule has 0 bridgehead atoms. The lowest BCUT2D eigenvalue weighted by Gasteiger charge is -2.40. The van der Waals surface area contributed by atoms with Gasteiger partial charge in [0.1, 0.15) is 0 Å². The Morgan fingerprint density at radius 3 is 1.58 bits per heavy atom. The molecule has 1 aliphatic carbocycles. The van der Waals surface area contributed by atoms with Crippen molar-refractivity contribution in [2.75, 3.05) is 4.90 Å². The van der Waals surface area contributed by atoms with Gasteiger partial charge >= 0.3 is 0 Å². The van der Waals surface area contributed by atoms with Gasteiger partial charge in [0, 0.05) is 27.8 Å². The molecule has 1 spiro atoms. The van der Waals surface area contributed by atoms with E-state index in [-0.39, 0.29) is 0 Å². The molecule has 2 aliphatic rings. The summed E-state index contributed by atoms with van der Waals surface area (Å²) < 4.78 is 2.54. The van der Waals surface area contributed by atoms with E-state index in [0.717, 1.165) is 17.1 Å². The van der Waals surface area contributed by atoms with Crippen LogP contribution in [0.4, 0.5) is 17.1 Å². The number of hydrogen-bond acceptors (Lipinski definition) is 1. The Kier molecular flexibility index (Phi) is 7.64. The van der Waals surface area contributed by atoms with Gasteiger partial charge in [-0.1, -0.05) is 188 Å². The van der Waals surface area contributed by atoms with Crippen LogP contribution in [0.15, 0.2) is 243 Å². The number of aromatic nitrogens is 1. The second-order valence-electron chi connectivity index (χ2n) is 17.6. The first-order chi connectivity index (χ1) is 32.3. The van der Waals surface area contributed by atoms with Crippen LogP contribution in [-0.4, -0.2) is 4.57 Å². The first-order valence-corrected chi connectivity index (χ1v) is 22.6. The molecule has 302 valence electrons. The third-order valence-corrected chi connectivity index (χ3v) is 14.4. The monoisotopic (exact) mass is 824 g/mol. The summed E-state index contributed by atoms with van der Waals surface area (Å²) in [7, 11) is 0. The van der Waals surface area contributed by atoms with Crippen LogP contribution >= 0.6 is 0 Å². The normalized spacial score (nSPS) is 13.0. The van der Waals surface area contributed by atoms with Gasteiger partial charge in [-0.25, -0.2) is 0 Å². The molecule has 0 fully saturated rings. The lowest BCUT2D eigenvalue weighted by atomic mass is 9.65. The summed E-state index contributed by atoms with van der Waals surface area (Å²) in [6.07, 6.45) is 0. The van der Waals surface area contributed by atoms with Gasteiger partial charge in [0.2, 0.25) is 0 Å². The minimum absolute atomic E-state index is 0.549. The number of benzene rings is 11. The second-order valence-corrected chi connectivity index (χ2v) is 17.6. The number of anilines is 3. The Morgan fingerprint density at radius 1 is 0.308 bits per heavy atom. The Hall–Kier alpha value is -8.46. The molecule has 0 unspecified atom stereocenters. The number of nitrogens with zero attached hydrogens (tertiary/aromatic N) is 2. The highest BCUT2D eigenvalue weighted by atomic mass is 15.1. The molecule has 0 amide bonds. The van der Waals surface area contributed by atoms with Gasteiger partial charge in [-0.15, -0.1) is 0 Å². The maximum Gasteiger partial charge on any atom is 0.0755 e. The summed E-state index contributed by atoms with van der Waals surface area (Å²) in [5, 5.41) is 7.62. The van der Waals surface area contributed by atoms with Gasteiger partial charge in [0.25, 0.3) is 0 Å². The maximum absolute atomic E-state index is 2.54. The first-order valence-electron chi connectivity index (χ1n) is 22.6. The molecule has 65 heavy (non-hydrogen) atoms. The standard InChI is InChI=1S/C63H40N2/c1-2-15-41(16-3-1)42-29-33-45(34-30-42)64(46-35-31-43(32-36-46)55-39-44-17-4-5-18-48(44)49-19-6-7-20-50(49)55)47-37-38-61-59(40-47)63(56-25-11-8-21-51(56)52-22-9-12-26-57(52)63)58-27-14-24-54-53-23-10-13-28-60(53)65(61)62(54)58/h1-40H. The maximum atomic E-state index is 2.54. The zero-order chi connectivity index (χ0) is 42.6. The van der Waals surface area contributed by atoms with Crippen LogP contribution in [0.2, 0.25) is 0 Å². The minimum atomic E-state index is -0.549. The first kappa shape index (κ1) is 36.1. The number of fused-ring (bicyclic) bond motifs is 15. The van der Waals surface area contributed by atoms with Crippen molar-refractivity contribution in [2.24, 2.45) is 0 Å². The molecule has 2 heteroatoms. The van der Waals surface area contributed by atoms with E-state index >= 15 is 0 Å². The van der Waals surface area contributed by atoms with E-state index in [1.165, 1.54) is 105 Å².